The zero-order valence-electron chi connectivity index (χ0n) is 13.6. The number of amides is 1. The van der Waals surface area contributed by atoms with Crippen LogP contribution in [0.5, 0.6) is 0 Å². The van der Waals surface area contributed by atoms with Crippen molar-refractivity contribution >= 4 is 17.5 Å². The number of aromatic nitrogens is 2. The van der Waals surface area contributed by atoms with Crippen LogP contribution in [0.15, 0.2) is 30.5 Å². The molecule has 124 valence electrons. The maximum Gasteiger partial charge on any atom is 0.255 e. The zero-order valence-corrected chi connectivity index (χ0v) is 14.3. The summed E-state index contributed by atoms with van der Waals surface area (Å²) >= 11 is 6.25. The van der Waals surface area contributed by atoms with E-state index in [1.54, 1.807) is 24.0 Å². The van der Waals surface area contributed by atoms with Crippen molar-refractivity contribution in [3.05, 3.63) is 41.0 Å². The number of hydrogen-bond acceptors (Lipinski definition) is 3. The number of nitrogens with one attached hydrogen (secondary N) is 1. The van der Waals surface area contributed by atoms with E-state index in [-0.39, 0.29) is 11.9 Å². The van der Waals surface area contributed by atoms with E-state index >= 15 is 0 Å². The number of nitrogens with two attached hydrogens (primary N) is 1. The van der Waals surface area contributed by atoms with Crippen molar-refractivity contribution < 1.29 is 4.79 Å². The molecule has 1 amide bonds. The number of unbranched alkanes of at least 4 members (excludes halogenated alkanes) is 1. The maximum atomic E-state index is 12.6. The Labute approximate surface area is 141 Å². The number of rotatable bonds is 7. The highest BCUT2D eigenvalue weighted by Crippen LogP contribution is 2.29. The molecule has 0 bridgehead atoms. The highest BCUT2D eigenvalue weighted by Gasteiger charge is 2.20. The van der Waals surface area contributed by atoms with Crippen LogP contribution in [-0.2, 0) is 7.05 Å². The van der Waals surface area contributed by atoms with Gasteiger partial charge in [-0.3, -0.25) is 9.48 Å². The van der Waals surface area contributed by atoms with Crippen molar-refractivity contribution in [3.63, 3.8) is 0 Å². The van der Waals surface area contributed by atoms with Crippen LogP contribution in [0.4, 0.5) is 0 Å². The molecular weight excluding hydrogens is 312 g/mol. The Kier molecular flexibility index (Phi) is 6.19. The van der Waals surface area contributed by atoms with Crippen LogP contribution in [0.1, 0.15) is 36.5 Å². The molecule has 0 aliphatic heterocycles. The van der Waals surface area contributed by atoms with Crippen molar-refractivity contribution in [2.75, 3.05) is 6.54 Å². The molecule has 0 aliphatic rings. The topological polar surface area (TPSA) is 72.9 Å². The van der Waals surface area contributed by atoms with E-state index in [1.165, 1.54) is 0 Å². The first-order chi connectivity index (χ1) is 11.1. The lowest BCUT2D eigenvalue weighted by Gasteiger charge is -2.16. The van der Waals surface area contributed by atoms with Gasteiger partial charge >= 0.3 is 0 Å². The Morgan fingerprint density at radius 2 is 2.17 bits per heavy atom. The summed E-state index contributed by atoms with van der Waals surface area (Å²) in [6.45, 7) is 2.54. The number of carbonyl (C=O) groups excluding carboxylic acids is 1. The Balaban J connectivity index is 2.26. The Morgan fingerprint density at radius 3 is 2.83 bits per heavy atom. The zero-order chi connectivity index (χ0) is 16.8. The molecule has 1 atom stereocenters. The predicted octanol–water partition coefficient (Wildman–Crippen LogP) is 2.99. The van der Waals surface area contributed by atoms with Crippen molar-refractivity contribution in [3.8, 4) is 11.3 Å². The van der Waals surface area contributed by atoms with Gasteiger partial charge in [-0.25, -0.2) is 0 Å². The van der Waals surface area contributed by atoms with Crippen molar-refractivity contribution in [2.24, 2.45) is 12.8 Å². The number of benzene rings is 1. The first-order valence-electron chi connectivity index (χ1n) is 7.86. The number of aryl methyl sites for hydroxylation is 1. The minimum atomic E-state index is -0.167. The monoisotopic (exact) mass is 334 g/mol. The summed E-state index contributed by atoms with van der Waals surface area (Å²) in [5.74, 6) is -0.167. The molecule has 1 heterocycles. The van der Waals surface area contributed by atoms with Gasteiger partial charge in [0.05, 0.1) is 10.6 Å². The van der Waals surface area contributed by atoms with Gasteiger partial charge in [0.1, 0.15) is 5.69 Å². The first kappa shape index (κ1) is 17.5. The molecule has 0 radical (unpaired) electrons. The van der Waals surface area contributed by atoms with Crippen molar-refractivity contribution in [1.29, 1.82) is 0 Å². The van der Waals surface area contributed by atoms with Gasteiger partial charge in [0, 0.05) is 31.4 Å². The second-order valence-corrected chi connectivity index (χ2v) is 6.00. The fourth-order valence-corrected chi connectivity index (χ4v) is 2.69. The normalized spacial score (nSPS) is 12.2. The average molecular weight is 335 g/mol. The fourth-order valence-electron chi connectivity index (χ4n) is 2.47. The number of carbonyl (C=O) groups is 1. The third kappa shape index (κ3) is 4.33. The largest absolute Gasteiger partial charge is 0.348 e. The smallest absolute Gasteiger partial charge is 0.255 e. The number of nitrogens with zero attached hydrogens (tertiary/aromatic N) is 2. The summed E-state index contributed by atoms with van der Waals surface area (Å²) < 4.78 is 1.62. The van der Waals surface area contributed by atoms with Crippen LogP contribution in [0.2, 0.25) is 5.02 Å². The van der Waals surface area contributed by atoms with Gasteiger partial charge in [0.25, 0.3) is 5.91 Å². The minimum Gasteiger partial charge on any atom is -0.348 e. The van der Waals surface area contributed by atoms with Gasteiger partial charge in [0.2, 0.25) is 0 Å². The van der Waals surface area contributed by atoms with Gasteiger partial charge in [0.15, 0.2) is 0 Å². The molecule has 0 saturated heterocycles. The predicted molar refractivity (Wildman–Crippen MR) is 93.5 cm³/mol. The molecule has 23 heavy (non-hydrogen) atoms. The summed E-state index contributed by atoms with van der Waals surface area (Å²) in [6, 6.07) is 7.35. The second-order valence-electron chi connectivity index (χ2n) is 5.59. The lowest BCUT2D eigenvalue weighted by Crippen LogP contribution is -2.40. The molecule has 1 aromatic carbocycles. The van der Waals surface area contributed by atoms with E-state index < -0.39 is 0 Å². The van der Waals surface area contributed by atoms with E-state index in [4.69, 9.17) is 17.3 Å². The number of halogens is 1. The Hall–Kier alpha value is -1.85. The highest BCUT2D eigenvalue weighted by atomic mass is 35.5. The number of hydrogen-bond donors (Lipinski definition) is 2. The molecule has 2 rings (SSSR count). The van der Waals surface area contributed by atoms with Crippen LogP contribution in [0.3, 0.4) is 0 Å². The lowest BCUT2D eigenvalue weighted by atomic mass is 10.1. The first-order valence-corrected chi connectivity index (χ1v) is 8.24. The average Bonchev–Trinajstić information content (AvgIpc) is 2.93. The molecule has 0 spiro atoms. The summed E-state index contributed by atoms with van der Waals surface area (Å²) in [5.41, 5.74) is 7.60. The van der Waals surface area contributed by atoms with Crippen LogP contribution in [-0.4, -0.2) is 28.3 Å². The van der Waals surface area contributed by atoms with E-state index in [0.717, 1.165) is 24.8 Å². The summed E-state index contributed by atoms with van der Waals surface area (Å²) in [4.78, 5) is 12.6. The molecule has 1 aromatic heterocycles. The molecule has 5 nitrogen and oxygen atoms in total. The minimum absolute atomic E-state index is 0.0262. The van der Waals surface area contributed by atoms with Crippen molar-refractivity contribution in [1.82, 2.24) is 15.1 Å². The molecular formula is C17H23ClN4O. The maximum absolute atomic E-state index is 12.6. The van der Waals surface area contributed by atoms with E-state index in [0.29, 0.717) is 22.8 Å². The van der Waals surface area contributed by atoms with Gasteiger partial charge < -0.3 is 11.1 Å². The fraction of sp³-hybridized carbons (Fsp3) is 0.412. The molecule has 3 N–H and O–H groups in total. The highest BCUT2D eigenvalue weighted by molar-refractivity contribution is 6.33. The van der Waals surface area contributed by atoms with E-state index in [2.05, 4.69) is 17.3 Å². The van der Waals surface area contributed by atoms with Crippen molar-refractivity contribution in [2.45, 2.75) is 32.2 Å². The van der Waals surface area contributed by atoms with Crippen LogP contribution in [0, 0.1) is 0 Å². The van der Waals surface area contributed by atoms with Crippen LogP contribution >= 0.6 is 11.6 Å². The standard InChI is InChI=1S/C17H23ClN4O/c1-3-4-7-12(10-19)20-17(23)14-11-22(2)21-16(14)13-8-5-6-9-15(13)18/h5-6,8-9,11-12H,3-4,7,10,19H2,1-2H3,(H,20,23). The molecule has 0 fully saturated rings. The van der Waals surface area contributed by atoms with E-state index in [1.807, 2.05) is 18.2 Å². The third-order valence-electron chi connectivity index (χ3n) is 3.73. The summed E-state index contributed by atoms with van der Waals surface area (Å²) in [7, 11) is 1.79. The lowest BCUT2D eigenvalue weighted by molar-refractivity contribution is 0.0936. The second kappa shape index (κ2) is 8.13. The molecule has 1 unspecified atom stereocenters. The van der Waals surface area contributed by atoms with Gasteiger partial charge in [-0.15, -0.1) is 0 Å². The van der Waals surface area contributed by atoms with Crippen LogP contribution < -0.4 is 11.1 Å². The summed E-state index contributed by atoms with van der Waals surface area (Å²) in [5, 5.41) is 7.97. The van der Waals surface area contributed by atoms with Crippen LogP contribution in [0.25, 0.3) is 11.3 Å². The quantitative estimate of drug-likeness (QED) is 0.817. The van der Waals surface area contributed by atoms with Gasteiger partial charge in [-0.1, -0.05) is 49.6 Å². The van der Waals surface area contributed by atoms with Gasteiger partial charge in [-0.05, 0) is 12.5 Å². The SMILES string of the molecule is CCCCC(CN)NC(=O)c1cn(C)nc1-c1ccccc1Cl. The van der Waals surface area contributed by atoms with E-state index in [9.17, 15) is 4.79 Å². The Bertz CT molecular complexity index is 668. The molecule has 0 aliphatic carbocycles. The van der Waals surface area contributed by atoms with Gasteiger partial charge in [-0.2, -0.15) is 5.10 Å². The molecule has 6 heteroatoms. The molecule has 2 aromatic rings. The molecule has 0 saturated carbocycles. The third-order valence-corrected chi connectivity index (χ3v) is 4.06. The summed E-state index contributed by atoms with van der Waals surface area (Å²) in [6.07, 6.45) is 4.69. The Morgan fingerprint density at radius 1 is 1.43 bits per heavy atom.